The normalized spacial score (nSPS) is 39.8. The number of fused-ring (bicyclic) bond motifs is 1. The molecule has 2 heterocycles. The van der Waals surface area contributed by atoms with Crippen LogP contribution in [0, 0.1) is 0 Å². The standard InChI is InChI=1S/C12H22O6/c1-4-5-15-9-8(7(14)6-13)16-11-10(9)17-12(2,3)18-11/h7-11,13-14H,4-6H2,1-3H3/t7-,8-,9+,10-,11-/m1/s1. The summed E-state index contributed by atoms with van der Waals surface area (Å²) in [5.74, 6) is -0.710. The van der Waals surface area contributed by atoms with E-state index in [0.717, 1.165) is 6.42 Å². The average molecular weight is 262 g/mol. The zero-order chi connectivity index (χ0) is 13.3. The average Bonchev–Trinajstić information content (AvgIpc) is 2.77. The van der Waals surface area contributed by atoms with E-state index in [1.165, 1.54) is 0 Å². The van der Waals surface area contributed by atoms with Gasteiger partial charge in [-0.25, -0.2) is 0 Å². The van der Waals surface area contributed by atoms with E-state index in [9.17, 15) is 5.11 Å². The molecule has 0 radical (unpaired) electrons. The lowest BCUT2D eigenvalue weighted by molar-refractivity contribution is -0.231. The molecule has 0 aromatic rings. The zero-order valence-electron chi connectivity index (χ0n) is 11.0. The maximum absolute atomic E-state index is 9.75. The molecule has 0 bridgehead atoms. The van der Waals surface area contributed by atoms with Crippen LogP contribution in [0.2, 0.25) is 0 Å². The lowest BCUT2D eigenvalue weighted by Gasteiger charge is -2.27. The Bertz CT molecular complexity index is 282. The molecule has 5 atom stereocenters. The number of aliphatic hydroxyl groups is 2. The van der Waals surface area contributed by atoms with Crippen molar-refractivity contribution in [2.45, 2.75) is 63.7 Å². The summed E-state index contributed by atoms with van der Waals surface area (Å²) in [6, 6.07) is 0. The van der Waals surface area contributed by atoms with Crippen molar-refractivity contribution in [3.8, 4) is 0 Å². The van der Waals surface area contributed by atoms with Crippen LogP contribution in [-0.2, 0) is 18.9 Å². The Morgan fingerprint density at radius 2 is 2.06 bits per heavy atom. The summed E-state index contributed by atoms with van der Waals surface area (Å²) >= 11 is 0. The fourth-order valence-electron chi connectivity index (χ4n) is 2.36. The predicted octanol–water partition coefficient (Wildman–Crippen LogP) is 0.0112. The van der Waals surface area contributed by atoms with Crippen LogP contribution in [0.4, 0.5) is 0 Å². The highest BCUT2D eigenvalue weighted by Crippen LogP contribution is 2.39. The van der Waals surface area contributed by atoms with E-state index in [1.54, 1.807) is 0 Å². The van der Waals surface area contributed by atoms with Crippen LogP contribution in [-0.4, -0.2) is 59.9 Å². The number of rotatable bonds is 5. The number of aliphatic hydroxyl groups excluding tert-OH is 2. The van der Waals surface area contributed by atoms with Crippen molar-refractivity contribution >= 4 is 0 Å². The Morgan fingerprint density at radius 1 is 1.33 bits per heavy atom. The first kappa shape index (κ1) is 14.2. The van der Waals surface area contributed by atoms with Crippen LogP contribution in [0.3, 0.4) is 0 Å². The van der Waals surface area contributed by atoms with Gasteiger partial charge in [0.05, 0.1) is 6.61 Å². The van der Waals surface area contributed by atoms with E-state index in [0.29, 0.717) is 6.61 Å². The Morgan fingerprint density at radius 3 is 2.67 bits per heavy atom. The minimum Gasteiger partial charge on any atom is -0.394 e. The van der Waals surface area contributed by atoms with Crippen molar-refractivity contribution in [3.05, 3.63) is 0 Å². The molecule has 2 N–H and O–H groups in total. The molecule has 2 aliphatic rings. The molecule has 0 aromatic carbocycles. The topological polar surface area (TPSA) is 77.4 Å². The van der Waals surface area contributed by atoms with Crippen LogP contribution in [0.1, 0.15) is 27.2 Å². The van der Waals surface area contributed by atoms with Gasteiger partial charge in [0.2, 0.25) is 0 Å². The molecule has 0 unspecified atom stereocenters. The second-order valence-corrected chi connectivity index (χ2v) is 5.15. The molecule has 6 nitrogen and oxygen atoms in total. The van der Waals surface area contributed by atoms with Crippen LogP contribution in [0.15, 0.2) is 0 Å². The molecule has 0 saturated carbocycles. The number of hydrogen-bond acceptors (Lipinski definition) is 6. The monoisotopic (exact) mass is 262 g/mol. The van der Waals surface area contributed by atoms with Gasteiger partial charge in [0.25, 0.3) is 0 Å². The summed E-state index contributed by atoms with van der Waals surface area (Å²) < 4.78 is 22.6. The van der Waals surface area contributed by atoms with Gasteiger partial charge in [-0.2, -0.15) is 0 Å². The molecular weight excluding hydrogens is 240 g/mol. The Hall–Kier alpha value is -0.240. The van der Waals surface area contributed by atoms with Crippen LogP contribution < -0.4 is 0 Å². The minimum atomic E-state index is -0.993. The second kappa shape index (κ2) is 5.40. The summed E-state index contributed by atoms with van der Waals surface area (Å²) in [4.78, 5) is 0. The molecule has 18 heavy (non-hydrogen) atoms. The molecule has 0 spiro atoms. The van der Waals surface area contributed by atoms with Crippen LogP contribution in [0.25, 0.3) is 0 Å². The summed E-state index contributed by atoms with van der Waals surface area (Å²) in [5.41, 5.74) is 0. The molecule has 0 aromatic heterocycles. The third-order valence-electron chi connectivity index (χ3n) is 3.11. The maximum Gasteiger partial charge on any atom is 0.190 e. The molecule has 2 fully saturated rings. The van der Waals surface area contributed by atoms with Crippen molar-refractivity contribution in [2.75, 3.05) is 13.2 Å². The van der Waals surface area contributed by atoms with E-state index in [2.05, 4.69) is 0 Å². The fraction of sp³-hybridized carbons (Fsp3) is 1.00. The molecule has 0 amide bonds. The molecule has 2 saturated heterocycles. The van der Waals surface area contributed by atoms with Gasteiger partial charge in [0.1, 0.15) is 24.4 Å². The van der Waals surface area contributed by atoms with Crippen molar-refractivity contribution in [1.82, 2.24) is 0 Å². The van der Waals surface area contributed by atoms with Crippen molar-refractivity contribution in [2.24, 2.45) is 0 Å². The summed E-state index contributed by atoms with van der Waals surface area (Å²) in [6.45, 7) is 5.79. The first-order valence-corrected chi connectivity index (χ1v) is 6.40. The van der Waals surface area contributed by atoms with E-state index < -0.39 is 30.4 Å². The molecule has 2 aliphatic heterocycles. The SMILES string of the molecule is CCCO[C@@H]1[C@H]2OC(C)(C)O[C@H]2O[C@@H]1[C@H](O)CO. The van der Waals surface area contributed by atoms with Gasteiger partial charge in [-0.1, -0.05) is 6.92 Å². The summed E-state index contributed by atoms with van der Waals surface area (Å²) in [6.07, 6.45) is -2.08. The quantitative estimate of drug-likeness (QED) is 0.727. The third kappa shape index (κ3) is 2.68. The highest BCUT2D eigenvalue weighted by molar-refractivity contribution is 4.96. The zero-order valence-corrected chi connectivity index (χ0v) is 11.0. The summed E-state index contributed by atoms with van der Waals surface area (Å²) in [7, 11) is 0. The highest BCUT2D eigenvalue weighted by Gasteiger charge is 2.56. The molecule has 6 heteroatoms. The smallest absolute Gasteiger partial charge is 0.190 e. The first-order valence-electron chi connectivity index (χ1n) is 6.40. The van der Waals surface area contributed by atoms with Crippen molar-refractivity contribution in [3.63, 3.8) is 0 Å². The predicted molar refractivity (Wildman–Crippen MR) is 61.8 cm³/mol. The van der Waals surface area contributed by atoms with Crippen molar-refractivity contribution in [1.29, 1.82) is 0 Å². The van der Waals surface area contributed by atoms with Gasteiger partial charge in [0, 0.05) is 6.61 Å². The first-order chi connectivity index (χ1) is 8.48. The second-order valence-electron chi connectivity index (χ2n) is 5.15. The van der Waals surface area contributed by atoms with E-state index >= 15 is 0 Å². The van der Waals surface area contributed by atoms with E-state index in [-0.39, 0.29) is 12.7 Å². The van der Waals surface area contributed by atoms with E-state index in [1.807, 2.05) is 20.8 Å². The van der Waals surface area contributed by atoms with Gasteiger partial charge in [0.15, 0.2) is 12.1 Å². The summed E-state index contributed by atoms with van der Waals surface area (Å²) in [5, 5.41) is 18.8. The minimum absolute atomic E-state index is 0.363. The molecular formula is C12H22O6. The van der Waals surface area contributed by atoms with Crippen LogP contribution in [0.5, 0.6) is 0 Å². The van der Waals surface area contributed by atoms with Gasteiger partial charge in [-0.05, 0) is 20.3 Å². The lowest BCUT2D eigenvalue weighted by atomic mass is 10.1. The number of hydrogen-bond donors (Lipinski definition) is 2. The molecule has 0 aliphatic carbocycles. The maximum atomic E-state index is 9.75. The third-order valence-corrected chi connectivity index (χ3v) is 3.11. The molecule has 106 valence electrons. The van der Waals surface area contributed by atoms with E-state index in [4.69, 9.17) is 24.1 Å². The van der Waals surface area contributed by atoms with Gasteiger partial charge < -0.3 is 29.2 Å². The Kier molecular flexibility index (Phi) is 4.25. The van der Waals surface area contributed by atoms with Crippen LogP contribution >= 0.6 is 0 Å². The molecule has 2 rings (SSSR count). The highest BCUT2D eigenvalue weighted by atomic mass is 16.8. The largest absolute Gasteiger partial charge is 0.394 e. The van der Waals surface area contributed by atoms with Gasteiger partial charge in [-0.3, -0.25) is 0 Å². The lowest BCUT2D eigenvalue weighted by Crippen LogP contribution is -2.44. The fourth-order valence-corrected chi connectivity index (χ4v) is 2.36. The van der Waals surface area contributed by atoms with Gasteiger partial charge >= 0.3 is 0 Å². The number of ether oxygens (including phenoxy) is 4. The van der Waals surface area contributed by atoms with Gasteiger partial charge in [-0.15, -0.1) is 0 Å². The Balaban J connectivity index is 2.07. The Labute approximate surface area is 107 Å². The van der Waals surface area contributed by atoms with Crippen molar-refractivity contribution < 1.29 is 29.2 Å².